The highest BCUT2D eigenvalue weighted by atomic mass is 32.2. The van der Waals surface area contributed by atoms with Crippen LogP contribution in [0.5, 0.6) is 0 Å². The maximum atomic E-state index is 12.5. The second-order valence-corrected chi connectivity index (χ2v) is 7.16. The molecule has 0 N–H and O–H groups in total. The molecule has 1 fully saturated rings. The molecule has 1 aromatic heterocycles. The molecule has 0 aromatic carbocycles. The third kappa shape index (κ3) is 5.31. The van der Waals surface area contributed by atoms with Crippen LogP contribution in [0.4, 0.5) is 0 Å². The fourth-order valence-corrected chi connectivity index (χ4v) is 4.16. The summed E-state index contributed by atoms with van der Waals surface area (Å²) in [6, 6.07) is 4.02. The lowest BCUT2D eigenvalue weighted by Crippen LogP contribution is -2.30. The fourth-order valence-electron chi connectivity index (χ4n) is 2.90. The van der Waals surface area contributed by atoms with E-state index in [0.717, 1.165) is 24.3 Å². The minimum absolute atomic E-state index is 0.172. The summed E-state index contributed by atoms with van der Waals surface area (Å²) >= 11 is 1.85. The lowest BCUT2D eigenvalue weighted by atomic mass is 10.1. The Balaban J connectivity index is 1.70. The van der Waals surface area contributed by atoms with Crippen LogP contribution in [0, 0.1) is 0 Å². The van der Waals surface area contributed by atoms with Crippen LogP contribution >= 0.6 is 11.8 Å². The van der Waals surface area contributed by atoms with E-state index in [4.69, 9.17) is 0 Å². The van der Waals surface area contributed by atoms with Gasteiger partial charge in [0.05, 0.1) is 0 Å². The van der Waals surface area contributed by atoms with Gasteiger partial charge in [-0.25, -0.2) is 0 Å². The first kappa shape index (κ1) is 17.3. The Morgan fingerprint density at radius 1 is 1.27 bits per heavy atom. The van der Waals surface area contributed by atoms with Crippen LogP contribution < -0.4 is 0 Å². The van der Waals surface area contributed by atoms with Crippen LogP contribution in [-0.4, -0.2) is 28.1 Å². The van der Waals surface area contributed by atoms with Gasteiger partial charge < -0.3 is 4.90 Å². The van der Waals surface area contributed by atoms with Crippen molar-refractivity contribution in [2.75, 3.05) is 12.3 Å². The van der Waals surface area contributed by atoms with Gasteiger partial charge in [-0.2, -0.15) is 0 Å². The van der Waals surface area contributed by atoms with E-state index in [-0.39, 0.29) is 5.37 Å². The zero-order chi connectivity index (χ0) is 15.6. The Labute approximate surface area is 138 Å². The van der Waals surface area contributed by atoms with E-state index in [1.807, 2.05) is 28.9 Å². The maximum absolute atomic E-state index is 12.5. The monoisotopic (exact) mass is 320 g/mol. The number of carbonyl (C=O) groups excluding carboxylic acids is 1. The zero-order valence-corrected chi connectivity index (χ0v) is 14.5. The molecular weight excluding hydrogens is 292 g/mol. The smallest absolute Gasteiger partial charge is 0.223 e. The molecule has 0 saturated carbocycles. The third-order valence-electron chi connectivity index (χ3n) is 4.18. The van der Waals surface area contributed by atoms with Crippen LogP contribution in [0.2, 0.25) is 0 Å². The molecule has 1 saturated heterocycles. The van der Waals surface area contributed by atoms with Gasteiger partial charge in [-0.05, 0) is 12.5 Å². The second-order valence-electron chi connectivity index (χ2n) is 5.97. The van der Waals surface area contributed by atoms with Crippen molar-refractivity contribution in [1.82, 2.24) is 9.88 Å². The van der Waals surface area contributed by atoms with Gasteiger partial charge in [0.1, 0.15) is 5.37 Å². The summed E-state index contributed by atoms with van der Waals surface area (Å²) in [6.07, 6.45) is 13.2. The highest BCUT2D eigenvalue weighted by molar-refractivity contribution is 7.99. The number of amides is 1. The van der Waals surface area contributed by atoms with E-state index in [2.05, 4.69) is 18.0 Å². The Kier molecular flexibility index (Phi) is 7.78. The standard InChI is InChI=1S/C18H28N2OS/c1-2-3-4-5-6-7-8-11-17(21)20-13-14-22-18(20)16-10-9-12-19-15-16/h9-10,12,15,18H,2-8,11,13-14H2,1H3. The van der Waals surface area contributed by atoms with Crippen LogP contribution in [0.15, 0.2) is 24.5 Å². The van der Waals surface area contributed by atoms with E-state index < -0.39 is 0 Å². The Morgan fingerprint density at radius 3 is 2.77 bits per heavy atom. The first-order valence-electron chi connectivity index (χ1n) is 8.64. The van der Waals surface area contributed by atoms with E-state index >= 15 is 0 Å². The van der Waals surface area contributed by atoms with Gasteiger partial charge in [0, 0.05) is 36.7 Å². The molecule has 0 aliphatic carbocycles. The SMILES string of the molecule is CCCCCCCCCC(=O)N1CCSC1c1cccnc1. The molecule has 1 unspecified atom stereocenters. The number of hydrogen-bond donors (Lipinski definition) is 0. The molecular formula is C18H28N2OS. The van der Waals surface area contributed by atoms with E-state index in [0.29, 0.717) is 12.3 Å². The summed E-state index contributed by atoms with van der Waals surface area (Å²) in [5, 5.41) is 0.172. The summed E-state index contributed by atoms with van der Waals surface area (Å²) in [4.78, 5) is 18.7. The van der Waals surface area contributed by atoms with Crippen LogP contribution in [0.25, 0.3) is 0 Å². The van der Waals surface area contributed by atoms with E-state index in [1.54, 1.807) is 6.20 Å². The summed E-state index contributed by atoms with van der Waals surface area (Å²) < 4.78 is 0. The highest BCUT2D eigenvalue weighted by Gasteiger charge is 2.30. The lowest BCUT2D eigenvalue weighted by molar-refractivity contribution is -0.131. The minimum Gasteiger partial charge on any atom is -0.326 e. The molecule has 0 radical (unpaired) electrons. The van der Waals surface area contributed by atoms with Crippen LogP contribution in [-0.2, 0) is 4.79 Å². The molecule has 2 heterocycles. The van der Waals surface area contributed by atoms with Gasteiger partial charge in [-0.15, -0.1) is 11.8 Å². The van der Waals surface area contributed by atoms with Crippen molar-refractivity contribution >= 4 is 17.7 Å². The topological polar surface area (TPSA) is 33.2 Å². The van der Waals surface area contributed by atoms with Crippen LogP contribution in [0.1, 0.15) is 69.2 Å². The summed E-state index contributed by atoms with van der Waals surface area (Å²) in [5.74, 6) is 1.34. The van der Waals surface area contributed by atoms with Gasteiger partial charge in [0.25, 0.3) is 0 Å². The molecule has 1 amide bonds. The van der Waals surface area contributed by atoms with Crippen molar-refractivity contribution in [2.24, 2.45) is 0 Å². The predicted molar refractivity (Wildman–Crippen MR) is 93.8 cm³/mol. The number of thioether (sulfide) groups is 1. The average molecular weight is 321 g/mol. The van der Waals surface area contributed by atoms with Gasteiger partial charge in [0.15, 0.2) is 0 Å². The van der Waals surface area contributed by atoms with Crippen molar-refractivity contribution in [1.29, 1.82) is 0 Å². The van der Waals surface area contributed by atoms with Crippen molar-refractivity contribution in [3.63, 3.8) is 0 Å². The second kappa shape index (κ2) is 9.88. The van der Waals surface area contributed by atoms with Gasteiger partial charge >= 0.3 is 0 Å². The van der Waals surface area contributed by atoms with Gasteiger partial charge in [-0.3, -0.25) is 9.78 Å². The lowest BCUT2D eigenvalue weighted by Gasteiger charge is -2.24. The summed E-state index contributed by atoms with van der Waals surface area (Å²) in [5.41, 5.74) is 1.15. The third-order valence-corrected chi connectivity index (χ3v) is 5.44. The molecule has 1 aliphatic heterocycles. The molecule has 1 aromatic rings. The highest BCUT2D eigenvalue weighted by Crippen LogP contribution is 2.37. The van der Waals surface area contributed by atoms with Crippen molar-refractivity contribution in [2.45, 2.75) is 63.7 Å². The van der Waals surface area contributed by atoms with E-state index in [1.165, 1.54) is 38.5 Å². The molecule has 1 aliphatic rings. The Hall–Kier alpha value is -1.03. The van der Waals surface area contributed by atoms with Crippen molar-refractivity contribution in [3.8, 4) is 0 Å². The number of nitrogens with zero attached hydrogens (tertiary/aromatic N) is 2. The Bertz CT molecular complexity index is 438. The largest absolute Gasteiger partial charge is 0.326 e. The van der Waals surface area contributed by atoms with Crippen molar-refractivity contribution in [3.05, 3.63) is 30.1 Å². The predicted octanol–water partition coefficient (Wildman–Crippen LogP) is 4.80. The number of carbonyl (C=O) groups is 1. The van der Waals surface area contributed by atoms with E-state index in [9.17, 15) is 4.79 Å². The number of hydrogen-bond acceptors (Lipinski definition) is 3. The number of pyridine rings is 1. The zero-order valence-electron chi connectivity index (χ0n) is 13.7. The first-order valence-corrected chi connectivity index (χ1v) is 9.69. The Morgan fingerprint density at radius 2 is 2.05 bits per heavy atom. The quantitative estimate of drug-likeness (QED) is 0.613. The molecule has 0 bridgehead atoms. The number of unbranched alkanes of at least 4 members (excludes halogenated alkanes) is 6. The molecule has 0 spiro atoms. The molecule has 3 nitrogen and oxygen atoms in total. The molecule has 4 heteroatoms. The molecule has 2 rings (SSSR count). The van der Waals surface area contributed by atoms with Gasteiger partial charge in [-0.1, -0.05) is 51.5 Å². The van der Waals surface area contributed by atoms with Crippen LogP contribution in [0.3, 0.4) is 0 Å². The maximum Gasteiger partial charge on any atom is 0.223 e. The molecule has 1 atom stereocenters. The van der Waals surface area contributed by atoms with Gasteiger partial charge in [0.2, 0.25) is 5.91 Å². The molecule has 22 heavy (non-hydrogen) atoms. The summed E-state index contributed by atoms with van der Waals surface area (Å²) in [7, 11) is 0. The number of rotatable bonds is 9. The number of aromatic nitrogens is 1. The van der Waals surface area contributed by atoms with Crippen molar-refractivity contribution < 1.29 is 4.79 Å². The summed E-state index contributed by atoms with van der Waals surface area (Å²) in [6.45, 7) is 3.12. The minimum atomic E-state index is 0.172. The fraction of sp³-hybridized carbons (Fsp3) is 0.667. The first-order chi connectivity index (χ1) is 10.8. The average Bonchev–Trinajstić information content (AvgIpc) is 3.04. The normalized spacial score (nSPS) is 17.9. The molecule has 122 valence electrons.